The van der Waals surface area contributed by atoms with Gasteiger partial charge in [-0.2, -0.15) is 0 Å². The van der Waals surface area contributed by atoms with Crippen molar-refractivity contribution >= 4 is 10.0 Å². The summed E-state index contributed by atoms with van der Waals surface area (Å²) in [6, 6.07) is 0. The van der Waals surface area contributed by atoms with E-state index in [-0.39, 0.29) is 5.75 Å². The molecule has 5 heteroatoms. The lowest BCUT2D eigenvalue weighted by Gasteiger charge is -2.25. The Labute approximate surface area is 100 Å². The number of hydrogen-bond donors (Lipinski definition) is 1. The average molecular weight is 250 g/mol. The van der Waals surface area contributed by atoms with Gasteiger partial charge in [-0.3, -0.25) is 0 Å². The van der Waals surface area contributed by atoms with Crippen LogP contribution in [0.1, 0.15) is 34.1 Å². The van der Waals surface area contributed by atoms with Gasteiger partial charge < -0.3 is 4.90 Å². The normalized spacial score (nSPS) is 13.0. The fraction of sp³-hybridized carbons (Fsp3) is 1.00. The van der Waals surface area contributed by atoms with Crippen LogP contribution in [-0.4, -0.2) is 38.7 Å². The smallest absolute Gasteiger partial charge is 0.209 e. The second kappa shape index (κ2) is 7.25. The molecule has 0 amide bonds. The number of primary sulfonamides is 1. The maximum atomic E-state index is 10.8. The number of sulfonamides is 1. The minimum atomic E-state index is -3.30. The summed E-state index contributed by atoms with van der Waals surface area (Å²) in [7, 11) is -3.30. The lowest BCUT2D eigenvalue weighted by Crippen LogP contribution is -2.33. The Morgan fingerprint density at radius 1 is 1.06 bits per heavy atom. The van der Waals surface area contributed by atoms with E-state index >= 15 is 0 Å². The molecule has 0 heterocycles. The molecule has 0 aliphatic carbocycles. The fourth-order valence-electron chi connectivity index (χ4n) is 1.78. The molecular weight excluding hydrogens is 224 g/mol. The largest absolute Gasteiger partial charge is 0.303 e. The first-order valence-corrected chi connectivity index (χ1v) is 7.65. The van der Waals surface area contributed by atoms with Gasteiger partial charge in [0.05, 0.1) is 5.75 Å². The summed E-state index contributed by atoms with van der Waals surface area (Å²) in [5, 5.41) is 4.98. The van der Waals surface area contributed by atoms with Crippen LogP contribution in [0.4, 0.5) is 0 Å². The van der Waals surface area contributed by atoms with Gasteiger partial charge in [-0.15, -0.1) is 0 Å². The molecule has 0 atom stereocenters. The molecule has 0 aliphatic heterocycles. The fourth-order valence-corrected chi connectivity index (χ4v) is 2.31. The monoisotopic (exact) mass is 250 g/mol. The van der Waals surface area contributed by atoms with Crippen molar-refractivity contribution < 1.29 is 8.42 Å². The minimum Gasteiger partial charge on any atom is -0.303 e. The van der Waals surface area contributed by atoms with E-state index in [2.05, 4.69) is 32.6 Å². The van der Waals surface area contributed by atoms with E-state index in [1.807, 2.05) is 0 Å². The van der Waals surface area contributed by atoms with E-state index in [0.29, 0.717) is 18.3 Å². The third-order valence-electron chi connectivity index (χ3n) is 2.15. The van der Waals surface area contributed by atoms with E-state index < -0.39 is 10.0 Å². The quantitative estimate of drug-likeness (QED) is 0.706. The summed E-state index contributed by atoms with van der Waals surface area (Å²) in [5.41, 5.74) is 0. The van der Waals surface area contributed by atoms with Gasteiger partial charge in [-0.25, -0.2) is 13.6 Å². The molecule has 98 valence electrons. The van der Waals surface area contributed by atoms with E-state index in [1.54, 1.807) is 0 Å². The lowest BCUT2D eigenvalue weighted by atomic mass is 10.1. The standard InChI is InChI=1S/C11H26N2O2S/c1-10(2)8-13(9-11(3)4)6-5-7-16(12,14)15/h10-11H,5-9H2,1-4H3,(H2,12,14,15). The Balaban J connectivity index is 4.01. The zero-order valence-electron chi connectivity index (χ0n) is 10.9. The van der Waals surface area contributed by atoms with E-state index in [4.69, 9.17) is 5.14 Å². The Morgan fingerprint density at radius 3 is 1.81 bits per heavy atom. The molecule has 0 fully saturated rings. The van der Waals surface area contributed by atoms with Crippen molar-refractivity contribution in [2.75, 3.05) is 25.4 Å². The van der Waals surface area contributed by atoms with Gasteiger partial charge in [0.15, 0.2) is 0 Å². The average Bonchev–Trinajstić information content (AvgIpc) is 1.98. The molecular formula is C11H26N2O2S. The highest BCUT2D eigenvalue weighted by molar-refractivity contribution is 7.89. The Bertz CT molecular complexity index is 264. The molecule has 0 saturated carbocycles. The van der Waals surface area contributed by atoms with Crippen molar-refractivity contribution in [1.29, 1.82) is 0 Å². The van der Waals surface area contributed by atoms with Crippen molar-refractivity contribution in [3.8, 4) is 0 Å². The molecule has 2 N–H and O–H groups in total. The van der Waals surface area contributed by atoms with Crippen molar-refractivity contribution in [1.82, 2.24) is 4.90 Å². The van der Waals surface area contributed by atoms with Gasteiger partial charge >= 0.3 is 0 Å². The van der Waals surface area contributed by atoms with Crippen molar-refractivity contribution in [2.45, 2.75) is 34.1 Å². The highest BCUT2D eigenvalue weighted by Gasteiger charge is 2.10. The van der Waals surface area contributed by atoms with Crippen molar-refractivity contribution in [3.63, 3.8) is 0 Å². The summed E-state index contributed by atoms with van der Waals surface area (Å²) in [5.74, 6) is 1.29. The first-order chi connectivity index (χ1) is 7.20. The Morgan fingerprint density at radius 2 is 1.50 bits per heavy atom. The van der Waals surface area contributed by atoms with E-state index in [0.717, 1.165) is 19.6 Å². The first-order valence-electron chi connectivity index (χ1n) is 5.93. The summed E-state index contributed by atoms with van der Waals surface area (Å²) < 4.78 is 21.6. The summed E-state index contributed by atoms with van der Waals surface area (Å²) >= 11 is 0. The van der Waals surface area contributed by atoms with Gasteiger partial charge in [-0.1, -0.05) is 27.7 Å². The third kappa shape index (κ3) is 10.4. The van der Waals surface area contributed by atoms with Crippen LogP contribution in [0.2, 0.25) is 0 Å². The van der Waals surface area contributed by atoms with Crippen molar-refractivity contribution in [3.05, 3.63) is 0 Å². The summed E-state index contributed by atoms with van der Waals surface area (Å²) in [4.78, 5) is 2.32. The number of rotatable bonds is 8. The molecule has 0 aromatic rings. The van der Waals surface area contributed by atoms with E-state index in [1.165, 1.54) is 0 Å². The maximum absolute atomic E-state index is 10.8. The first kappa shape index (κ1) is 15.9. The number of nitrogens with zero attached hydrogens (tertiary/aromatic N) is 1. The SMILES string of the molecule is CC(C)CN(CCCS(N)(=O)=O)CC(C)C. The van der Waals surface area contributed by atoms with Gasteiger partial charge in [0, 0.05) is 13.1 Å². The van der Waals surface area contributed by atoms with Crippen LogP contribution in [0.25, 0.3) is 0 Å². The van der Waals surface area contributed by atoms with Gasteiger partial charge in [0.1, 0.15) is 0 Å². The lowest BCUT2D eigenvalue weighted by molar-refractivity contribution is 0.220. The molecule has 16 heavy (non-hydrogen) atoms. The number of nitrogens with two attached hydrogens (primary N) is 1. The Hall–Kier alpha value is -0.130. The summed E-state index contributed by atoms with van der Waals surface area (Å²) in [6.45, 7) is 11.5. The molecule has 0 radical (unpaired) electrons. The molecule has 0 aliphatic rings. The number of hydrogen-bond acceptors (Lipinski definition) is 3. The minimum absolute atomic E-state index is 0.0830. The predicted molar refractivity (Wildman–Crippen MR) is 68.7 cm³/mol. The molecule has 0 rings (SSSR count). The topological polar surface area (TPSA) is 63.4 Å². The van der Waals surface area contributed by atoms with Crippen molar-refractivity contribution in [2.24, 2.45) is 17.0 Å². The zero-order valence-corrected chi connectivity index (χ0v) is 11.8. The van der Waals surface area contributed by atoms with Crippen LogP contribution >= 0.6 is 0 Å². The molecule has 0 saturated heterocycles. The highest BCUT2D eigenvalue weighted by atomic mass is 32.2. The molecule has 4 nitrogen and oxygen atoms in total. The molecule has 0 aromatic heterocycles. The zero-order chi connectivity index (χ0) is 12.8. The van der Waals surface area contributed by atoms with Crippen LogP contribution in [0.15, 0.2) is 0 Å². The highest BCUT2D eigenvalue weighted by Crippen LogP contribution is 2.04. The van der Waals surface area contributed by atoms with Gasteiger partial charge in [0.2, 0.25) is 10.0 Å². The summed E-state index contributed by atoms with van der Waals surface area (Å²) in [6.07, 6.45) is 0.623. The maximum Gasteiger partial charge on any atom is 0.209 e. The van der Waals surface area contributed by atoms with Crippen LogP contribution in [0.5, 0.6) is 0 Å². The second-order valence-electron chi connectivity index (χ2n) is 5.27. The van der Waals surface area contributed by atoms with Gasteiger partial charge in [-0.05, 0) is 24.8 Å². The molecule has 0 aromatic carbocycles. The Kier molecular flexibility index (Phi) is 7.19. The van der Waals surface area contributed by atoms with Crippen LogP contribution in [0, 0.1) is 11.8 Å². The van der Waals surface area contributed by atoms with Gasteiger partial charge in [0.25, 0.3) is 0 Å². The predicted octanol–water partition coefficient (Wildman–Crippen LogP) is 1.28. The van der Waals surface area contributed by atoms with Crippen LogP contribution in [-0.2, 0) is 10.0 Å². The van der Waals surface area contributed by atoms with E-state index in [9.17, 15) is 8.42 Å². The van der Waals surface area contributed by atoms with Crippen LogP contribution in [0.3, 0.4) is 0 Å². The molecule has 0 spiro atoms. The second-order valence-corrected chi connectivity index (χ2v) is 7.00. The molecule has 0 bridgehead atoms. The molecule has 0 unspecified atom stereocenters. The third-order valence-corrected chi connectivity index (χ3v) is 3.01. The van der Waals surface area contributed by atoms with Crippen LogP contribution < -0.4 is 5.14 Å².